The highest BCUT2D eigenvalue weighted by molar-refractivity contribution is 5.77. The van der Waals surface area contributed by atoms with Crippen LogP contribution < -0.4 is 5.73 Å². The minimum absolute atomic E-state index is 0.202. The zero-order valence-corrected chi connectivity index (χ0v) is 12.3. The van der Waals surface area contributed by atoms with Crippen LogP contribution in [-0.4, -0.2) is 41.1 Å². The Kier molecular flexibility index (Phi) is 4.51. The highest BCUT2D eigenvalue weighted by Gasteiger charge is 2.53. The van der Waals surface area contributed by atoms with Gasteiger partial charge in [0.2, 0.25) is 5.91 Å². The van der Waals surface area contributed by atoms with Gasteiger partial charge in [0, 0.05) is 6.42 Å². The Bertz CT molecular complexity index is 320. The molecule has 2 rings (SSSR count). The molecule has 3 N–H and O–H groups in total. The molecule has 1 aliphatic carbocycles. The zero-order chi connectivity index (χ0) is 14.0. The first-order chi connectivity index (χ1) is 8.96. The van der Waals surface area contributed by atoms with Gasteiger partial charge in [0.1, 0.15) is 5.60 Å². The summed E-state index contributed by atoms with van der Waals surface area (Å²) >= 11 is 0. The van der Waals surface area contributed by atoms with E-state index < -0.39 is 5.60 Å². The van der Waals surface area contributed by atoms with Gasteiger partial charge in [-0.15, -0.1) is 0 Å². The van der Waals surface area contributed by atoms with Crippen molar-refractivity contribution in [1.82, 2.24) is 4.90 Å². The molecule has 4 heteroatoms. The third-order valence-electron chi connectivity index (χ3n) is 4.83. The molecule has 4 nitrogen and oxygen atoms in total. The van der Waals surface area contributed by atoms with E-state index in [0.29, 0.717) is 43.8 Å². The molecule has 1 unspecified atom stereocenters. The van der Waals surface area contributed by atoms with Crippen LogP contribution in [0.4, 0.5) is 0 Å². The smallest absolute Gasteiger partial charge is 0.222 e. The van der Waals surface area contributed by atoms with Crippen LogP contribution in [0.1, 0.15) is 46.0 Å². The molecule has 19 heavy (non-hydrogen) atoms. The standard InChI is InChI=1S/C15H28N2O2/c1-11(2)12(7-8-16)3-6-14(18)17-9-15(19,10-17)13-4-5-13/h11-13,19H,3-10,16H2,1-2H3. The van der Waals surface area contributed by atoms with Crippen LogP contribution in [-0.2, 0) is 4.79 Å². The molecule has 1 atom stereocenters. The molecule has 0 radical (unpaired) electrons. The van der Waals surface area contributed by atoms with Crippen LogP contribution in [0.5, 0.6) is 0 Å². The second-order valence-corrected chi connectivity index (χ2v) is 6.75. The minimum atomic E-state index is -0.551. The summed E-state index contributed by atoms with van der Waals surface area (Å²) in [4.78, 5) is 13.9. The average Bonchev–Trinajstić information content (AvgIpc) is 3.13. The molecule has 0 spiro atoms. The number of rotatable bonds is 7. The van der Waals surface area contributed by atoms with Crippen LogP contribution >= 0.6 is 0 Å². The summed E-state index contributed by atoms with van der Waals surface area (Å²) in [6.07, 6.45) is 4.78. The first-order valence-electron chi connectivity index (χ1n) is 7.66. The summed E-state index contributed by atoms with van der Waals surface area (Å²) in [6, 6.07) is 0. The minimum Gasteiger partial charge on any atom is -0.386 e. The first-order valence-corrected chi connectivity index (χ1v) is 7.66. The van der Waals surface area contributed by atoms with Gasteiger partial charge >= 0.3 is 0 Å². The molecule has 1 aliphatic heterocycles. The second-order valence-electron chi connectivity index (χ2n) is 6.75. The molecule has 0 aromatic carbocycles. The molecular weight excluding hydrogens is 240 g/mol. The maximum atomic E-state index is 12.1. The Morgan fingerprint density at radius 3 is 2.47 bits per heavy atom. The van der Waals surface area contributed by atoms with Crippen LogP contribution in [0.3, 0.4) is 0 Å². The number of carbonyl (C=O) groups excluding carboxylic acids is 1. The Morgan fingerprint density at radius 2 is 2.00 bits per heavy atom. The molecule has 1 saturated carbocycles. The van der Waals surface area contributed by atoms with Crippen molar-refractivity contribution < 1.29 is 9.90 Å². The number of hydrogen-bond acceptors (Lipinski definition) is 3. The number of amides is 1. The number of likely N-dealkylation sites (tertiary alicyclic amines) is 1. The molecule has 0 aromatic heterocycles. The number of nitrogens with two attached hydrogens (primary N) is 1. The SMILES string of the molecule is CC(C)C(CCN)CCC(=O)N1CC(O)(C2CC2)C1. The summed E-state index contributed by atoms with van der Waals surface area (Å²) < 4.78 is 0. The lowest BCUT2D eigenvalue weighted by Crippen LogP contribution is -2.64. The summed E-state index contributed by atoms with van der Waals surface area (Å²) in [5, 5.41) is 10.2. The predicted molar refractivity (Wildman–Crippen MR) is 75.5 cm³/mol. The lowest BCUT2D eigenvalue weighted by Gasteiger charge is -2.47. The first kappa shape index (κ1) is 14.8. The highest BCUT2D eigenvalue weighted by atomic mass is 16.3. The predicted octanol–water partition coefficient (Wildman–Crippen LogP) is 1.37. The van der Waals surface area contributed by atoms with Crippen molar-refractivity contribution in [2.45, 2.75) is 51.6 Å². The molecule has 1 heterocycles. The van der Waals surface area contributed by atoms with E-state index in [9.17, 15) is 9.90 Å². The quantitative estimate of drug-likeness (QED) is 0.733. The molecule has 0 bridgehead atoms. The van der Waals surface area contributed by atoms with Crippen molar-refractivity contribution in [3.63, 3.8) is 0 Å². The maximum absolute atomic E-state index is 12.1. The lowest BCUT2D eigenvalue weighted by molar-refractivity contribution is -0.159. The Hall–Kier alpha value is -0.610. The Labute approximate surface area is 116 Å². The van der Waals surface area contributed by atoms with Crippen molar-refractivity contribution >= 4 is 5.91 Å². The van der Waals surface area contributed by atoms with Crippen molar-refractivity contribution in [3.8, 4) is 0 Å². The van der Waals surface area contributed by atoms with Gasteiger partial charge in [-0.1, -0.05) is 13.8 Å². The van der Waals surface area contributed by atoms with E-state index >= 15 is 0 Å². The third-order valence-corrected chi connectivity index (χ3v) is 4.83. The number of hydrogen-bond donors (Lipinski definition) is 2. The fourth-order valence-corrected chi connectivity index (χ4v) is 3.16. The van der Waals surface area contributed by atoms with Crippen LogP contribution in [0.2, 0.25) is 0 Å². The van der Waals surface area contributed by atoms with Crippen LogP contribution in [0.25, 0.3) is 0 Å². The van der Waals surface area contributed by atoms with Gasteiger partial charge in [-0.25, -0.2) is 0 Å². The number of carbonyl (C=O) groups is 1. The van der Waals surface area contributed by atoms with Gasteiger partial charge in [-0.05, 0) is 50.0 Å². The molecule has 110 valence electrons. The third kappa shape index (κ3) is 3.48. The van der Waals surface area contributed by atoms with E-state index in [1.165, 1.54) is 0 Å². The van der Waals surface area contributed by atoms with E-state index in [2.05, 4.69) is 13.8 Å². The van der Waals surface area contributed by atoms with E-state index in [1.54, 1.807) is 0 Å². The van der Waals surface area contributed by atoms with Crippen molar-refractivity contribution in [1.29, 1.82) is 0 Å². The van der Waals surface area contributed by atoms with Crippen LogP contribution in [0, 0.1) is 17.8 Å². The van der Waals surface area contributed by atoms with E-state index in [4.69, 9.17) is 5.73 Å². The van der Waals surface area contributed by atoms with E-state index in [1.807, 2.05) is 4.90 Å². The second kappa shape index (κ2) is 5.80. The fraction of sp³-hybridized carbons (Fsp3) is 0.933. The van der Waals surface area contributed by atoms with Gasteiger partial charge in [-0.2, -0.15) is 0 Å². The molecule has 1 amide bonds. The molecular formula is C15H28N2O2. The summed E-state index contributed by atoms with van der Waals surface area (Å²) in [5.41, 5.74) is 5.07. The van der Waals surface area contributed by atoms with Crippen LogP contribution in [0.15, 0.2) is 0 Å². The number of aliphatic hydroxyl groups is 1. The average molecular weight is 268 g/mol. The van der Waals surface area contributed by atoms with Gasteiger partial charge in [-0.3, -0.25) is 4.79 Å². The summed E-state index contributed by atoms with van der Waals surface area (Å²) in [7, 11) is 0. The van der Waals surface area contributed by atoms with Crippen molar-refractivity contribution in [3.05, 3.63) is 0 Å². The molecule has 0 aromatic rings. The lowest BCUT2D eigenvalue weighted by atomic mass is 9.86. The Balaban J connectivity index is 1.70. The zero-order valence-electron chi connectivity index (χ0n) is 12.3. The van der Waals surface area contributed by atoms with Crippen molar-refractivity contribution in [2.24, 2.45) is 23.5 Å². The summed E-state index contributed by atoms with van der Waals surface area (Å²) in [5.74, 6) is 1.78. The Morgan fingerprint density at radius 1 is 1.37 bits per heavy atom. The number of nitrogens with zero attached hydrogens (tertiary/aromatic N) is 1. The fourth-order valence-electron chi connectivity index (χ4n) is 3.16. The molecule has 1 saturated heterocycles. The molecule has 2 aliphatic rings. The van der Waals surface area contributed by atoms with Gasteiger partial charge in [0.15, 0.2) is 0 Å². The van der Waals surface area contributed by atoms with E-state index in [-0.39, 0.29) is 5.91 Å². The van der Waals surface area contributed by atoms with Crippen molar-refractivity contribution in [2.75, 3.05) is 19.6 Å². The maximum Gasteiger partial charge on any atom is 0.222 e. The summed E-state index contributed by atoms with van der Waals surface area (Å²) in [6.45, 7) is 6.20. The van der Waals surface area contributed by atoms with Gasteiger partial charge in [0.05, 0.1) is 13.1 Å². The van der Waals surface area contributed by atoms with Gasteiger partial charge < -0.3 is 15.7 Å². The highest BCUT2D eigenvalue weighted by Crippen LogP contribution is 2.44. The van der Waals surface area contributed by atoms with Gasteiger partial charge in [0.25, 0.3) is 0 Å². The normalized spacial score (nSPS) is 23.3. The number of β-amino-alcohol motifs (C(OH)–C–C–N with tert-alkyl or cyclic N) is 1. The molecule has 2 fully saturated rings. The topological polar surface area (TPSA) is 66.6 Å². The largest absolute Gasteiger partial charge is 0.386 e. The van der Waals surface area contributed by atoms with E-state index in [0.717, 1.165) is 25.7 Å². The monoisotopic (exact) mass is 268 g/mol.